The fraction of sp³-hybridized carbons (Fsp3) is 1.00. The summed E-state index contributed by atoms with van der Waals surface area (Å²) in [5.41, 5.74) is 0. The average molecular weight is 300 g/mol. The van der Waals surface area contributed by atoms with E-state index in [1.54, 1.807) is 0 Å². The van der Waals surface area contributed by atoms with Crippen molar-refractivity contribution in [1.29, 1.82) is 0 Å². The molecule has 4 heteroatoms. The van der Waals surface area contributed by atoms with Crippen LogP contribution in [0, 0.1) is 5.92 Å². The van der Waals surface area contributed by atoms with Gasteiger partial charge in [-0.25, -0.2) is 0 Å². The molecular formula is C16H33N3S. The quantitative estimate of drug-likeness (QED) is 0.776. The number of nitrogens with zero attached hydrogens (tertiary/aromatic N) is 2. The molecule has 2 aliphatic rings. The fourth-order valence-corrected chi connectivity index (χ4v) is 4.44. The molecule has 3 nitrogen and oxygen atoms in total. The first kappa shape index (κ1) is 16.6. The first-order valence-corrected chi connectivity index (χ1v) is 9.71. The predicted octanol–water partition coefficient (Wildman–Crippen LogP) is 2.14. The molecule has 20 heavy (non-hydrogen) atoms. The summed E-state index contributed by atoms with van der Waals surface area (Å²) in [5, 5.41) is 3.79. The van der Waals surface area contributed by atoms with Gasteiger partial charge in [-0.05, 0) is 45.2 Å². The average Bonchev–Trinajstić information content (AvgIpc) is 2.49. The summed E-state index contributed by atoms with van der Waals surface area (Å²) in [6.07, 6.45) is 4.09. The summed E-state index contributed by atoms with van der Waals surface area (Å²) in [6.45, 7) is 13.6. The molecule has 118 valence electrons. The van der Waals surface area contributed by atoms with Gasteiger partial charge in [0.1, 0.15) is 0 Å². The minimum Gasteiger partial charge on any atom is -0.313 e. The highest BCUT2D eigenvalue weighted by Gasteiger charge is 2.23. The lowest BCUT2D eigenvalue weighted by Gasteiger charge is -2.36. The summed E-state index contributed by atoms with van der Waals surface area (Å²) >= 11 is 2.10. The molecule has 2 aliphatic heterocycles. The zero-order valence-electron chi connectivity index (χ0n) is 13.4. The number of nitrogens with one attached hydrogen (secondary N) is 1. The molecule has 2 atom stereocenters. The number of hydrogen-bond acceptors (Lipinski definition) is 4. The third-order valence-corrected chi connectivity index (χ3v) is 5.73. The number of thioether (sulfide) groups is 1. The normalized spacial score (nSPS) is 27.6. The van der Waals surface area contributed by atoms with Crippen molar-refractivity contribution in [2.24, 2.45) is 5.92 Å². The molecule has 0 aromatic heterocycles. The van der Waals surface area contributed by atoms with Crippen molar-refractivity contribution in [3.8, 4) is 0 Å². The molecule has 0 bridgehead atoms. The van der Waals surface area contributed by atoms with Crippen molar-refractivity contribution in [2.75, 3.05) is 57.3 Å². The SMILES string of the molecule is CCCN1CCCC(C(C)NCCN2CCSCC2)C1. The van der Waals surface area contributed by atoms with Crippen LogP contribution in [0.5, 0.6) is 0 Å². The second-order valence-electron chi connectivity index (χ2n) is 6.40. The van der Waals surface area contributed by atoms with Crippen molar-refractivity contribution >= 4 is 11.8 Å². The first-order chi connectivity index (χ1) is 9.79. The van der Waals surface area contributed by atoms with Gasteiger partial charge in [0.2, 0.25) is 0 Å². The van der Waals surface area contributed by atoms with Crippen LogP contribution in [-0.2, 0) is 0 Å². The molecule has 2 saturated heterocycles. The number of piperidine rings is 1. The topological polar surface area (TPSA) is 18.5 Å². The molecule has 0 amide bonds. The first-order valence-electron chi connectivity index (χ1n) is 8.55. The maximum atomic E-state index is 3.79. The van der Waals surface area contributed by atoms with Gasteiger partial charge < -0.3 is 15.1 Å². The Hall–Kier alpha value is 0.230. The van der Waals surface area contributed by atoms with Gasteiger partial charge in [0.05, 0.1) is 0 Å². The molecule has 0 spiro atoms. The molecule has 2 heterocycles. The van der Waals surface area contributed by atoms with Gasteiger partial charge in [0, 0.05) is 50.3 Å². The van der Waals surface area contributed by atoms with Crippen molar-refractivity contribution < 1.29 is 0 Å². The summed E-state index contributed by atoms with van der Waals surface area (Å²) in [4.78, 5) is 5.27. The van der Waals surface area contributed by atoms with E-state index < -0.39 is 0 Å². The predicted molar refractivity (Wildman–Crippen MR) is 90.7 cm³/mol. The standard InChI is InChI=1S/C16H33N3S/c1-3-7-19-8-4-5-16(14-19)15(2)17-6-9-18-10-12-20-13-11-18/h15-17H,3-14H2,1-2H3. The smallest absolute Gasteiger partial charge is 0.0108 e. The molecule has 0 aromatic carbocycles. The second-order valence-corrected chi connectivity index (χ2v) is 7.62. The van der Waals surface area contributed by atoms with Crippen LogP contribution in [0.1, 0.15) is 33.1 Å². The highest BCUT2D eigenvalue weighted by atomic mass is 32.2. The van der Waals surface area contributed by atoms with E-state index in [1.807, 2.05) is 0 Å². The lowest BCUT2D eigenvalue weighted by Crippen LogP contribution is -2.46. The highest BCUT2D eigenvalue weighted by molar-refractivity contribution is 7.99. The van der Waals surface area contributed by atoms with Gasteiger partial charge in [0.15, 0.2) is 0 Å². The van der Waals surface area contributed by atoms with Crippen LogP contribution in [-0.4, -0.2) is 73.2 Å². The number of likely N-dealkylation sites (tertiary alicyclic amines) is 1. The molecule has 2 unspecified atom stereocenters. The highest BCUT2D eigenvalue weighted by Crippen LogP contribution is 2.19. The minimum absolute atomic E-state index is 0.675. The van der Waals surface area contributed by atoms with E-state index in [-0.39, 0.29) is 0 Å². The third-order valence-electron chi connectivity index (χ3n) is 4.79. The van der Waals surface area contributed by atoms with Gasteiger partial charge >= 0.3 is 0 Å². The molecule has 0 saturated carbocycles. The van der Waals surface area contributed by atoms with Crippen molar-refractivity contribution in [2.45, 2.75) is 39.2 Å². The van der Waals surface area contributed by atoms with E-state index in [4.69, 9.17) is 0 Å². The van der Waals surface area contributed by atoms with Gasteiger partial charge in [-0.15, -0.1) is 0 Å². The van der Waals surface area contributed by atoms with Crippen LogP contribution in [0.2, 0.25) is 0 Å². The lowest BCUT2D eigenvalue weighted by atomic mass is 9.91. The Morgan fingerprint density at radius 1 is 1.15 bits per heavy atom. The van der Waals surface area contributed by atoms with E-state index >= 15 is 0 Å². The maximum absolute atomic E-state index is 3.79. The van der Waals surface area contributed by atoms with E-state index in [9.17, 15) is 0 Å². The number of rotatable bonds is 7. The molecular weight excluding hydrogens is 266 g/mol. The van der Waals surface area contributed by atoms with Crippen LogP contribution in [0.15, 0.2) is 0 Å². The van der Waals surface area contributed by atoms with Crippen molar-refractivity contribution in [3.63, 3.8) is 0 Å². The second kappa shape index (κ2) is 9.29. The molecule has 2 rings (SSSR count). The van der Waals surface area contributed by atoms with Crippen LogP contribution >= 0.6 is 11.8 Å². The molecule has 2 fully saturated rings. The molecule has 0 aliphatic carbocycles. The van der Waals surface area contributed by atoms with E-state index in [2.05, 4.69) is 40.7 Å². The van der Waals surface area contributed by atoms with Crippen LogP contribution in [0.3, 0.4) is 0 Å². The molecule has 0 aromatic rings. The Morgan fingerprint density at radius 3 is 2.70 bits per heavy atom. The third kappa shape index (κ3) is 5.55. The zero-order chi connectivity index (χ0) is 14.2. The van der Waals surface area contributed by atoms with Gasteiger partial charge in [-0.3, -0.25) is 0 Å². The molecule has 0 radical (unpaired) electrons. The summed E-state index contributed by atoms with van der Waals surface area (Å²) in [5.74, 6) is 3.50. The maximum Gasteiger partial charge on any atom is 0.0108 e. The zero-order valence-corrected chi connectivity index (χ0v) is 14.3. The van der Waals surface area contributed by atoms with Crippen LogP contribution < -0.4 is 5.32 Å². The van der Waals surface area contributed by atoms with E-state index in [1.165, 1.54) is 70.0 Å². The van der Waals surface area contributed by atoms with Crippen LogP contribution in [0.4, 0.5) is 0 Å². The number of hydrogen-bond donors (Lipinski definition) is 1. The Kier molecular flexibility index (Phi) is 7.71. The van der Waals surface area contributed by atoms with E-state index in [0.717, 1.165) is 12.5 Å². The Labute approximate surface area is 129 Å². The van der Waals surface area contributed by atoms with Gasteiger partial charge in [0.25, 0.3) is 0 Å². The van der Waals surface area contributed by atoms with Crippen molar-refractivity contribution in [1.82, 2.24) is 15.1 Å². The summed E-state index contributed by atoms with van der Waals surface area (Å²) in [6, 6.07) is 0.675. The Bertz CT molecular complexity index is 254. The Balaban J connectivity index is 1.62. The van der Waals surface area contributed by atoms with Crippen molar-refractivity contribution in [3.05, 3.63) is 0 Å². The summed E-state index contributed by atoms with van der Waals surface area (Å²) in [7, 11) is 0. The molecule has 1 N–H and O–H groups in total. The minimum atomic E-state index is 0.675. The Morgan fingerprint density at radius 2 is 1.95 bits per heavy atom. The monoisotopic (exact) mass is 299 g/mol. The van der Waals surface area contributed by atoms with E-state index in [0.29, 0.717) is 6.04 Å². The largest absolute Gasteiger partial charge is 0.313 e. The lowest BCUT2D eigenvalue weighted by molar-refractivity contribution is 0.149. The van der Waals surface area contributed by atoms with Crippen LogP contribution in [0.25, 0.3) is 0 Å². The summed E-state index contributed by atoms with van der Waals surface area (Å²) < 4.78 is 0. The van der Waals surface area contributed by atoms with Gasteiger partial charge in [-0.1, -0.05) is 6.92 Å². The fourth-order valence-electron chi connectivity index (χ4n) is 3.46. The van der Waals surface area contributed by atoms with Gasteiger partial charge in [-0.2, -0.15) is 11.8 Å².